The van der Waals surface area contributed by atoms with Gasteiger partial charge in [-0.3, -0.25) is 5.10 Å². The Morgan fingerprint density at radius 2 is 2.07 bits per heavy atom. The second-order valence-electron chi connectivity index (χ2n) is 4.87. The Labute approximate surface area is 84.3 Å². The van der Waals surface area contributed by atoms with Crippen LogP contribution in [0.25, 0.3) is 0 Å². The zero-order valence-electron chi connectivity index (χ0n) is 9.04. The Morgan fingerprint density at radius 3 is 2.50 bits per heavy atom. The molecule has 0 saturated carbocycles. The molecule has 0 aliphatic heterocycles. The monoisotopic (exact) mass is 197 g/mol. The molecule has 0 aliphatic rings. The van der Waals surface area contributed by atoms with E-state index in [0.717, 1.165) is 12.2 Å². The Balaban J connectivity index is 2.45. The fraction of sp³-hybridized carbons (Fsp3) is 0.778. The number of nitrogens with one attached hydrogen (secondary N) is 1. The average Bonchev–Trinajstić information content (AvgIpc) is 2.30. The van der Waals surface area contributed by atoms with Crippen LogP contribution in [0.1, 0.15) is 33.0 Å². The van der Waals surface area contributed by atoms with Crippen LogP contribution < -0.4 is 11.5 Å². The van der Waals surface area contributed by atoms with Gasteiger partial charge in [-0.15, -0.1) is 5.10 Å². The van der Waals surface area contributed by atoms with Crippen LogP contribution >= 0.6 is 0 Å². The Bertz CT molecular complexity index is 286. The van der Waals surface area contributed by atoms with Crippen LogP contribution in [-0.4, -0.2) is 21.2 Å². The molecule has 1 unspecified atom stereocenters. The molecule has 0 aromatic carbocycles. The van der Waals surface area contributed by atoms with E-state index in [2.05, 4.69) is 36.0 Å². The van der Waals surface area contributed by atoms with Gasteiger partial charge in [0, 0.05) is 12.5 Å². The fourth-order valence-corrected chi connectivity index (χ4v) is 1.51. The van der Waals surface area contributed by atoms with E-state index in [1.807, 2.05) is 0 Å². The first-order valence-electron chi connectivity index (χ1n) is 4.79. The number of anilines is 1. The summed E-state index contributed by atoms with van der Waals surface area (Å²) in [5, 5.41) is 6.51. The summed E-state index contributed by atoms with van der Waals surface area (Å²) in [6.45, 7) is 6.50. The molecule has 0 aliphatic carbocycles. The zero-order valence-corrected chi connectivity index (χ0v) is 9.04. The predicted octanol–water partition coefficient (Wildman–Crippen LogP) is 0.693. The lowest BCUT2D eigenvalue weighted by Gasteiger charge is -2.22. The van der Waals surface area contributed by atoms with Gasteiger partial charge in [0.1, 0.15) is 5.82 Å². The average molecular weight is 197 g/mol. The summed E-state index contributed by atoms with van der Waals surface area (Å²) in [5.74, 6) is 1.04. The number of hydrogen-bond donors (Lipinski definition) is 3. The van der Waals surface area contributed by atoms with E-state index in [4.69, 9.17) is 11.5 Å². The van der Waals surface area contributed by atoms with Gasteiger partial charge in [0.25, 0.3) is 0 Å². The van der Waals surface area contributed by atoms with Crippen molar-refractivity contribution >= 4 is 5.95 Å². The van der Waals surface area contributed by atoms with Crippen molar-refractivity contribution < 1.29 is 0 Å². The van der Waals surface area contributed by atoms with Gasteiger partial charge in [-0.25, -0.2) is 0 Å². The minimum Gasteiger partial charge on any atom is -0.367 e. The number of hydrogen-bond acceptors (Lipinski definition) is 4. The van der Waals surface area contributed by atoms with E-state index < -0.39 is 0 Å². The molecule has 0 amide bonds. The number of aromatic amines is 1. The van der Waals surface area contributed by atoms with Crippen molar-refractivity contribution in [1.82, 2.24) is 15.2 Å². The van der Waals surface area contributed by atoms with E-state index >= 15 is 0 Å². The number of nitrogens with two attached hydrogens (primary N) is 2. The minimum atomic E-state index is 0.0994. The molecule has 5 heteroatoms. The third-order valence-corrected chi connectivity index (χ3v) is 1.88. The summed E-state index contributed by atoms with van der Waals surface area (Å²) in [5.41, 5.74) is 11.6. The van der Waals surface area contributed by atoms with Crippen molar-refractivity contribution in [2.45, 2.75) is 39.7 Å². The number of aromatic nitrogens is 3. The lowest BCUT2D eigenvalue weighted by Crippen LogP contribution is -2.28. The largest absolute Gasteiger partial charge is 0.367 e. The van der Waals surface area contributed by atoms with E-state index in [0.29, 0.717) is 6.42 Å². The first-order chi connectivity index (χ1) is 6.37. The number of rotatable bonds is 3. The Kier molecular flexibility index (Phi) is 3.10. The smallest absolute Gasteiger partial charge is 0.239 e. The maximum Gasteiger partial charge on any atom is 0.239 e. The molecule has 0 fully saturated rings. The molecule has 5 nitrogen and oxygen atoms in total. The normalized spacial score (nSPS) is 14.3. The van der Waals surface area contributed by atoms with Crippen LogP contribution in [0.4, 0.5) is 5.95 Å². The third-order valence-electron chi connectivity index (χ3n) is 1.88. The summed E-state index contributed by atoms with van der Waals surface area (Å²) in [7, 11) is 0. The first kappa shape index (κ1) is 11.0. The van der Waals surface area contributed by atoms with Crippen molar-refractivity contribution in [1.29, 1.82) is 0 Å². The molecule has 14 heavy (non-hydrogen) atoms. The van der Waals surface area contributed by atoms with Gasteiger partial charge in [0.2, 0.25) is 5.95 Å². The maximum absolute atomic E-state index is 5.97. The molecular weight excluding hydrogens is 178 g/mol. The summed E-state index contributed by atoms with van der Waals surface area (Å²) < 4.78 is 0. The van der Waals surface area contributed by atoms with Crippen molar-refractivity contribution in [2.24, 2.45) is 11.1 Å². The second kappa shape index (κ2) is 3.96. The highest BCUT2D eigenvalue weighted by Crippen LogP contribution is 2.20. The molecule has 1 heterocycles. The molecular formula is C9H19N5. The van der Waals surface area contributed by atoms with Gasteiger partial charge in [0.15, 0.2) is 0 Å². The molecule has 80 valence electrons. The van der Waals surface area contributed by atoms with Gasteiger partial charge < -0.3 is 11.5 Å². The predicted molar refractivity (Wildman–Crippen MR) is 56.5 cm³/mol. The Hall–Kier alpha value is -1.10. The molecule has 0 spiro atoms. The molecule has 1 aromatic heterocycles. The molecule has 0 bridgehead atoms. The molecule has 1 aromatic rings. The van der Waals surface area contributed by atoms with Gasteiger partial charge in [-0.2, -0.15) is 4.98 Å². The van der Waals surface area contributed by atoms with Crippen molar-refractivity contribution in [3.8, 4) is 0 Å². The number of nitrogens with zero attached hydrogens (tertiary/aromatic N) is 2. The van der Waals surface area contributed by atoms with E-state index in [9.17, 15) is 0 Å². The van der Waals surface area contributed by atoms with Crippen LogP contribution in [0.2, 0.25) is 0 Å². The van der Waals surface area contributed by atoms with Gasteiger partial charge >= 0.3 is 0 Å². The highest BCUT2D eigenvalue weighted by atomic mass is 15.3. The van der Waals surface area contributed by atoms with Gasteiger partial charge in [-0.05, 0) is 11.8 Å². The van der Waals surface area contributed by atoms with E-state index in [1.54, 1.807) is 0 Å². The fourth-order valence-electron chi connectivity index (χ4n) is 1.51. The van der Waals surface area contributed by atoms with E-state index in [-0.39, 0.29) is 17.4 Å². The lowest BCUT2D eigenvalue weighted by atomic mass is 9.87. The third kappa shape index (κ3) is 3.74. The van der Waals surface area contributed by atoms with Crippen LogP contribution in [-0.2, 0) is 6.42 Å². The van der Waals surface area contributed by atoms with Crippen LogP contribution in [0.15, 0.2) is 0 Å². The van der Waals surface area contributed by atoms with Crippen molar-refractivity contribution in [3.63, 3.8) is 0 Å². The van der Waals surface area contributed by atoms with Gasteiger partial charge in [0.05, 0.1) is 0 Å². The van der Waals surface area contributed by atoms with Crippen molar-refractivity contribution in [2.75, 3.05) is 5.73 Å². The van der Waals surface area contributed by atoms with E-state index in [1.165, 1.54) is 0 Å². The standard InChI is InChI=1S/C9H19N5/c1-9(2,3)5-6(10)4-7-12-8(11)14-13-7/h6H,4-5,10H2,1-3H3,(H3,11,12,13,14). The number of nitrogen functional groups attached to an aromatic ring is 1. The highest BCUT2D eigenvalue weighted by molar-refractivity contribution is 5.12. The van der Waals surface area contributed by atoms with Crippen LogP contribution in [0, 0.1) is 5.41 Å². The molecule has 0 saturated heterocycles. The first-order valence-corrected chi connectivity index (χ1v) is 4.79. The minimum absolute atomic E-state index is 0.0994. The summed E-state index contributed by atoms with van der Waals surface area (Å²) in [4.78, 5) is 4.01. The SMILES string of the molecule is CC(C)(C)CC(N)Cc1nc(N)n[nH]1. The summed E-state index contributed by atoms with van der Waals surface area (Å²) in [6.07, 6.45) is 1.65. The topological polar surface area (TPSA) is 93.6 Å². The van der Waals surface area contributed by atoms with Crippen molar-refractivity contribution in [3.05, 3.63) is 5.82 Å². The van der Waals surface area contributed by atoms with Crippen LogP contribution in [0.5, 0.6) is 0 Å². The zero-order chi connectivity index (χ0) is 10.8. The Morgan fingerprint density at radius 1 is 1.43 bits per heavy atom. The van der Waals surface area contributed by atoms with Gasteiger partial charge in [-0.1, -0.05) is 20.8 Å². The molecule has 0 radical (unpaired) electrons. The van der Waals surface area contributed by atoms with Crippen LogP contribution in [0.3, 0.4) is 0 Å². The quantitative estimate of drug-likeness (QED) is 0.664. The highest BCUT2D eigenvalue weighted by Gasteiger charge is 2.16. The maximum atomic E-state index is 5.97. The molecule has 5 N–H and O–H groups in total. The summed E-state index contributed by atoms with van der Waals surface area (Å²) in [6, 6.07) is 0.0994. The molecule has 1 atom stereocenters. The second-order valence-corrected chi connectivity index (χ2v) is 4.87. The lowest BCUT2D eigenvalue weighted by molar-refractivity contribution is 0.336. The molecule has 1 rings (SSSR count). The summed E-state index contributed by atoms with van der Waals surface area (Å²) >= 11 is 0. The number of H-pyrrole nitrogens is 1.